The van der Waals surface area contributed by atoms with Crippen LogP contribution in [0.3, 0.4) is 0 Å². The number of hydrogen-bond acceptors (Lipinski definition) is 4. The second kappa shape index (κ2) is 5.47. The van der Waals surface area contributed by atoms with Crippen molar-refractivity contribution in [2.24, 2.45) is 11.8 Å². The Morgan fingerprint density at radius 2 is 2.00 bits per heavy atom. The highest BCUT2D eigenvalue weighted by Gasteiger charge is 2.31. The van der Waals surface area contributed by atoms with E-state index in [4.69, 9.17) is 5.73 Å². The standard InChI is InChI=1S/C16H23N5/c1-10-7-13(9-14(17)8-10)16-18-19-20-21(16)15-6-4-5-11(2)12(15)3/h7-9,11-12,15H,4-6,17H2,1-3H3. The second-order valence-electron chi connectivity index (χ2n) is 6.41. The van der Waals surface area contributed by atoms with Crippen molar-refractivity contribution in [3.63, 3.8) is 0 Å². The maximum atomic E-state index is 5.97. The predicted molar refractivity (Wildman–Crippen MR) is 83.6 cm³/mol. The van der Waals surface area contributed by atoms with E-state index in [2.05, 4.69) is 35.4 Å². The summed E-state index contributed by atoms with van der Waals surface area (Å²) in [6.07, 6.45) is 3.68. The smallest absolute Gasteiger partial charge is 0.182 e. The van der Waals surface area contributed by atoms with Crippen LogP contribution in [0, 0.1) is 18.8 Å². The number of anilines is 1. The number of benzene rings is 1. The summed E-state index contributed by atoms with van der Waals surface area (Å²) in [6.45, 7) is 6.68. The highest BCUT2D eigenvalue weighted by molar-refractivity contribution is 5.62. The van der Waals surface area contributed by atoms with E-state index in [0.717, 1.165) is 29.1 Å². The van der Waals surface area contributed by atoms with Crippen molar-refractivity contribution in [3.05, 3.63) is 23.8 Å². The van der Waals surface area contributed by atoms with Gasteiger partial charge in [-0.25, -0.2) is 4.68 Å². The number of nitrogens with zero attached hydrogens (tertiary/aromatic N) is 4. The van der Waals surface area contributed by atoms with Crippen molar-refractivity contribution in [2.45, 2.75) is 46.1 Å². The van der Waals surface area contributed by atoms with Crippen molar-refractivity contribution in [3.8, 4) is 11.4 Å². The number of nitrogens with two attached hydrogens (primary N) is 1. The molecule has 1 aromatic heterocycles. The summed E-state index contributed by atoms with van der Waals surface area (Å²) in [5.41, 5.74) is 8.85. The Kier molecular flexibility index (Phi) is 3.66. The van der Waals surface area contributed by atoms with Crippen molar-refractivity contribution < 1.29 is 0 Å². The Balaban J connectivity index is 2.00. The quantitative estimate of drug-likeness (QED) is 0.860. The molecule has 0 saturated heterocycles. The molecule has 2 aromatic rings. The van der Waals surface area contributed by atoms with Gasteiger partial charge in [0.15, 0.2) is 5.82 Å². The van der Waals surface area contributed by atoms with Gasteiger partial charge in [0.2, 0.25) is 0 Å². The number of nitrogen functional groups attached to an aromatic ring is 1. The van der Waals surface area contributed by atoms with Crippen LogP contribution in [0.1, 0.15) is 44.7 Å². The van der Waals surface area contributed by atoms with E-state index in [1.54, 1.807) is 0 Å². The van der Waals surface area contributed by atoms with Crippen LogP contribution in [-0.4, -0.2) is 20.2 Å². The van der Waals surface area contributed by atoms with E-state index < -0.39 is 0 Å². The number of aromatic nitrogens is 4. The van der Waals surface area contributed by atoms with Crippen LogP contribution in [0.2, 0.25) is 0 Å². The maximum Gasteiger partial charge on any atom is 0.182 e. The normalized spacial score (nSPS) is 26.0. The molecule has 0 bridgehead atoms. The fraction of sp³-hybridized carbons (Fsp3) is 0.562. The van der Waals surface area contributed by atoms with Crippen LogP contribution in [-0.2, 0) is 0 Å². The molecule has 1 aromatic carbocycles. The molecule has 1 aliphatic rings. The van der Waals surface area contributed by atoms with Gasteiger partial charge >= 0.3 is 0 Å². The van der Waals surface area contributed by atoms with Crippen LogP contribution in [0.25, 0.3) is 11.4 Å². The first-order valence-corrected chi connectivity index (χ1v) is 7.71. The molecule has 1 heterocycles. The third-order valence-electron chi connectivity index (χ3n) is 4.83. The summed E-state index contributed by atoms with van der Waals surface area (Å²) in [4.78, 5) is 0. The molecule has 2 N–H and O–H groups in total. The Labute approximate surface area is 125 Å². The van der Waals surface area contributed by atoms with Gasteiger partial charge in [0.05, 0.1) is 6.04 Å². The molecule has 5 heteroatoms. The summed E-state index contributed by atoms with van der Waals surface area (Å²) < 4.78 is 2.01. The summed E-state index contributed by atoms with van der Waals surface area (Å²) in [6, 6.07) is 6.38. The first-order valence-electron chi connectivity index (χ1n) is 7.71. The van der Waals surface area contributed by atoms with Gasteiger partial charge in [-0.3, -0.25) is 0 Å². The van der Waals surface area contributed by atoms with Gasteiger partial charge in [0.1, 0.15) is 0 Å². The minimum Gasteiger partial charge on any atom is -0.399 e. The number of tetrazole rings is 1. The first-order chi connectivity index (χ1) is 10.1. The lowest BCUT2D eigenvalue weighted by atomic mass is 9.78. The summed E-state index contributed by atoms with van der Waals surface area (Å²) >= 11 is 0. The lowest BCUT2D eigenvalue weighted by Crippen LogP contribution is -2.28. The van der Waals surface area contributed by atoms with E-state index in [0.29, 0.717) is 17.9 Å². The second-order valence-corrected chi connectivity index (χ2v) is 6.41. The molecular weight excluding hydrogens is 262 g/mol. The van der Waals surface area contributed by atoms with E-state index in [-0.39, 0.29) is 0 Å². The van der Waals surface area contributed by atoms with Gasteiger partial charge in [-0.05, 0) is 59.4 Å². The van der Waals surface area contributed by atoms with E-state index in [1.807, 2.05) is 23.7 Å². The van der Waals surface area contributed by atoms with Gasteiger partial charge in [0.25, 0.3) is 0 Å². The number of rotatable bonds is 2. The minimum absolute atomic E-state index is 0.375. The average molecular weight is 285 g/mol. The highest BCUT2D eigenvalue weighted by atomic mass is 15.5. The molecule has 3 rings (SSSR count). The molecule has 1 aliphatic carbocycles. The lowest BCUT2D eigenvalue weighted by Gasteiger charge is -2.34. The molecule has 0 radical (unpaired) electrons. The van der Waals surface area contributed by atoms with Crippen molar-refractivity contribution in [1.29, 1.82) is 0 Å². The van der Waals surface area contributed by atoms with Crippen LogP contribution < -0.4 is 5.73 Å². The van der Waals surface area contributed by atoms with Crippen LogP contribution in [0.15, 0.2) is 18.2 Å². The van der Waals surface area contributed by atoms with Crippen molar-refractivity contribution in [1.82, 2.24) is 20.2 Å². The van der Waals surface area contributed by atoms with Gasteiger partial charge in [-0.2, -0.15) is 0 Å². The van der Waals surface area contributed by atoms with E-state index in [1.165, 1.54) is 12.8 Å². The third kappa shape index (κ3) is 2.64. The lowest BCUT2D eigenvalue weighted by molar-refractivity contribution is 0.174. The molecule has 21 heavy (non-hydrogen) atoms. The van der Waals surface area contributed by atoms with Gasteiger partial charge in [0, 0.05) is 11.3 Å². The van der Waals surface area contributed by atoms with E-state index >= 15 is 0 Å². The summed E-state index contributed by atoms with van der Waals surface area (Å²) in [5, 5.41) is 12.4. The average Bonchev–Trinajstić information content (AvgIpc) is 2.90. The largest absolute Gasteiger partial charge is 0.399 e. The first kappa shape index (κ1) is 14.0. The zero-order chi connectivity index (χ0) is 15.0. The Hall–Kier alpha value is -1.91. The minimum atomic E-state index is 0.375. The molecule has 112 valence electrons. The molecule has 3 atom stereocenters. The summed E-state index contributed by atoms with van der Waals surface area (Å²) in [7, 11) is 0. The maximum absolute atomic E-state index is 5.97. The molecule has 5 nitrogen and oxygen atoms in total. The topological polar surface area (TPSA) is 69.6 Å². The molecule has 1 saturated carbocycles. The van der Waals surface area contributed by atoms with Crippen molar-refractivity contribution in [2.75, 3.05) is 5.73 Å². The molecule has 0 spiro atoms. The van der Waals surface area contributed by atoms with Crippen LogP contribution >= 0.6 is 0 Å². The Morgan fingerprint density at radius 3 is 2.76 bits per heavy atom. The molecule has 3 unspecified atom stereocenters. The molecule has 0 amide bonds. The fourth-order valence-corrected chi connectivity index (χ4v) is 3.45. The SMILES string of the molecule is Cc1cc(N)cc(-c2nnnn2C2CCCC(C)C2C)c1. The fourth-order valence-electron chi connectivity index (χ4n) is 3.45. The number of hydrogen-bond donors (Lipinski definition) is 1. The monoisotopic (exact) mass is 285 g/mol. The molecule has 1 fully saturated rings. The van der Waals surface area contributed by atoms with Crippen LogP contribution in [0.4, 0.5) is 5.69 Å². The van der Waals surface area contributed by atoms with Crippen molar-refractivity contribution >= 4 is 5.69 Å². The zero-order valence-corrected chi connectivity index (χ0v) is 13.0. The van der Waals surface area contributed by atoms with Gasteiger partial charge in [-0.15, -0.1) is 5.10 Å². The number of aryl methyl sites for hydroxylation is 1. The zero-order valence-electron chi connectivity index (χ0n) is 13.0. The van der Waals surface area contributed by atoms with Gasteiger partial charge in [-0.1, -0.05) is 26.7 Å². The van der Waals surface area contributed by atoms with E-state index in [9.17, 15) is 0 Å². The third-order valence-corrected chi connectivity index (χ3v) is 4.83. The molecular formula is C16H23N5. The Morgan fingerprint density at radius 1 is 1.19 bits per heavy atom. The highest BCUT2D eigenvalue weighted by Crippen LogP contribution is 2.38. The summed E-state index contributed by atoms with van der Waals surface area (Å²) in [5.74, 6) is 2.13. The van der Waals surface area contributed by atoms with Crippen LogP contribution in [0.5, 0.6) is 0 Å². The Bertz CT molecular complexity index is 613. The predicted octanol–water partition coefficient (Wildman–Crippen LogP) is 3.23. The molecule has 0 aliphatic heterocycles. The van der Waals surface area contributed by atoms with Gasteiger partial charge < -0.3 is 5.73 Å².